The van der Waals surface area contributed by atoms with Crippen molar-refractivity contribution >= 4 is 87.2 Å². The number of aromatic nitrogens is 10. The quantitative estimate of drug-likeness (QED) is 0.108. The molecule has 0 N–H and O–H groups in total. The number of hydrogen-bond acceptors (Lipinski definition) is 6. The van der Waals surface area contributed by atoms with Gasteiger partial charge < -0.3 is 18.3 Å². The maximum atomic E-state index is 5.26. The second-order valence-corrected chi connectivity index (χ2v) is 30.1. The van der Waals surface area contributed by atoms with E-state index in [-0.39, 0.29) is 0 Å². The first-order valence-electron chi connectivity index (χ1n) is 39.9. The molecule has 0 fully saturated rings. The van der Waals surface area contributed by atoms with E-state index in [0.29, 0.717) is 34.9 Å². The van der Waals surface area contributed by atoms with Gasteiger partial charge in [0.1, 0.15) is 0 Å². The Kier molecular flexibility index (Phi) is 16.0. The normalized spacial score (nSPS) is 11.7. The van der Waals surface area contributed by atoms with Crippen molar-refractivity contribution < 1.29 is 0 Å². The Hall–Kier alpha value is -16.0. The molecule has 550 valence electrons. The Labute approximate surface area is 679 Å². The summed E-state index contributed by atoms with van der Waals surface area (Å²) < 4.78 is 9.76. The lowest BCUT2D eigenvalue weighted by molar-refractivity contribution is 1.07. The number of hydrogen-bond donors (Lipinski definition) is 0. The van der Waals surface area contributed by atoms with Crippen LogP contribution in [-0.4, -0.2) is 48.2 Å². The van der Waals surface area contributed by atoms with Crippen molar-refractivity contribution in [2.45, 2.75) is 0 Å². The van der Waals surface area contributed by atoms with Crippen molar-refractivity contribution in [1.29, 1.82) is 0 Å². The van der Waals surface area contributed by atoms with Gasteiger partial charge in [-0.2, -0.15) is 0 Å². The summed E-state index contributed by atoms with van der Waals surface area (Å²) in [4.78, 5) is 30.7. The first-order valence-corrected chi connectivity index (χ1v) is 39.9. The highest BCUT2D eigenvalue weighted by molar-refractivity contribution is 6.25. The summed E-state index contributed by atoms with van der Waals surface area (Å²) in [7, 11) is 0. The average Bonchev–Trinajstić information content (AvgIpc) is 1.55. The lowest BCUT2D eigenvalue weighted by Gasteiger charge is -2.14. The van der Waals surface area contributed by atoms with E-state index in [1.807, 2.05) is 78.9 Å². The van der Waals surface area contributed by atoms with Crippen LogP contribution in [0.15, 0.2) is 413 Å². The standard InChI is InChI=1S/C108H68N10/c1-5-22-69(23-6-1)71-48-56-83(57-49-71)115-95-36-17-13-32-87(95)91-64-66-93-89-34-15-20-39-98(89)118(101(93)99(91)115)86-62-54-80(55-63-86)108-113-105(77-28-11-4-12-29-77)110-106(114-108)78-46-44-74(45-47-78)82-31-21-30-81(68-82)73-42-40-70(41-43-73)72-50-58-84(59-51-72)116-96-37-18-14-33-88(96)92-65-67-94-90-35-16-19-38-97(90)117(102(94)100(92)116)85-60-52-79(53-61-85)107-111-103(75-24-7-2-8-25-75)109-104(112-107)76-26-9-3-10-27-76/h1-68H. The summed E-state index contributed by atoms with van der Waals surface area (Å²) in [5.74, 6) is 3.67. The Balaban J connectivity index is 0.540. The molecule has 0 unspecified atom stereocenters. The van der Waals surface area contributed by atoms with Gasteiger partial charge in [0.15, 0.2) is 34.9 Å². The highest BCUT2D eigenvalue weighted by Gasteiger charge is 2.26. The third kappa shape index (κ3) is 11.5. The summed E-state index contributed by atoms with van der Waals surface area (Å²) in [6.07, 6.45) is 0. The van der Waals surface area contributed by atoms with Crippen LogP contribution in [0.2, 0.25) is 0 Å². The van der Waals surface area contributed by atoms with Crippen LogP contribution < -0.4 is 0 Å². The molecule has 0 spiro atoms. The van der Waals surface area contributed by atoms with E-state index in [4.69, 9.17) is 29.9 Å². The minimum absolute atomic E-state index is 0.593. The van der Waals surface area contributed by atoms with Crippen molar-refractivity contribution in [2.24, 2.45) is 0 Å². The van der Waals surface area contributed by atoms with Gasteiger partial charge in [-0.15, -0.1) is 0 Å². The van der Waals surface area contributed by atoms with Crippen molar-refractivity contribution in [3.05, 3.63) is 413 Å². The molecule has 0 bridgehead atoms. The van der Waals surface area contributed by atoms with E-state index in [1.54, 1.807) is 0 Å². The fraction of sp³-hybridized carbons (Fsp3) is 0. The molecule has 10 nitrogen and oxygen atoms in total. The fourth-order valence-corrected chi connectivity index (χ4v) is 17.7. The van der Waals surface area contributed by atoms with Gasteiger partial charge in [-0.25, -0.2) is 29.9 Å². The van der Waals surface area contributed by atoms with Crippen molar-refractivity contribution in [3.63, 3.8) is 0 Å². The van der Waals surface area contributed by atoms with Crippen LogP contribution in [-0.2, 0) is 0 Å². The minimum atomic E-state index is 0.593. The maximum Gasteiger partial charge on any atom is 0.164 e. The van der Waals surface area contributed by atoms with Gasteiger partial charge in [0.25, 0.3) is 0 Å². The molecule has 0 amide bonds. The lowest BCUT2D eigenvalue weighted by Crippen LogP contribution is -2.01. The van der Waals surface area contributed by atoms with Crippen LogP contribution in [0, 0.1) is 0 Å². The molecule has 17 aromatic carbocycles. The molecule has 0 atom stereocenters. The molecule has 0 radical (unpaired) electrons. The van der Waals surface area contributed by atoms with Crippen LogP contribution in [0.25, 0.3) is 223 Å². The molecular formula is C108H68N10. The number of para-hydroxylation sites is 4. The molecule has 0 aliphatic carbocycles. The Bertz CT molecular complexity index is 7770. The topological polar surface area (TPSA) is 97.1 Å². The third-order valence-corrected chi connectivity index (χ3v) is 23.3. The Morgan fingerprint density at radius 3 is 0.568 bits per heavy atom. The number of rotatable bonds is 14. The molecule has 23 rings (SSSR count). The molecule has 0 aliphatic rings. The first kappa shape index (κ1) is 67.6. The lowest BCUT2D eigenvalue weighted by atomic mass is 9.96. The zero-order valence-electron chi connectivity index (χ0n) is 63.7. The van der Waals surface area contributed by atoms with Crippen molar-refractivity contribution in [2.75, 3.05) is 0 Å². The average molecular weight is 1510 g/mol. The van der Waals surface area contributed by atoms with E-state index < -0.39 is 0 Å². The fourth-order valence-electron chi connectivity index (χ4n) is 17.7. The summed E-state index contributed by atoms with van der Waals surface area (Å²) in [5, 5.41) is 9.52. The van der Waals surface area contributed by atoms with Crippen LogP contribution in [0.4, 0.5) is 0 Å². The van der Waals surface area contributed by atoms with Crippen LogP contribution >= 0.6 is 0 Å². The molecule has 0 saturated heterocycles. The zero-order chi connectivity index (χ0) is 77.7. The van der Waals surface area contributed by atoms with E-state index in [2.05, 4.69) is 352 Å². The highest BCUT2D eigenvalue weighted by atomic mass is 15.1. The molecule has 23 aromatic rings. The third-order valence-electron chi connectivity index (χ3n) is 23.3. The van der Waals surface area contributed by atoms with Crippen LogP contribution in [0.5, 0.6) is 0 Å². The number of fused-ring (bicyclic) bond motifs is 14. The Morgan fingerprint density at radius 1 is 0.127 bits per heavy atom. The van der Waals surface area contributed by atoms with Crippen molar-refractivity contribution in [1.82, 2.24) is 48.2 Å². The Morgan fingerprint density at radius 2 is 0.305 bits per heavy atom. The molecule has 118 heavy (non-hydrogen) atoms. The predicted octanol–water partition coefficient (Wildman–Crippen LogP) is 27.1. The predicted molar refractivity (Wildman–Crippen MR) is 485 cm³/mol. The van der Waals surface area contributed by atoms with Gasteiger partial charge in [-0.1, -0.05) is 309 Å². The molecule has 6 aromatic heterocycles. The second kappa shape index (κ2) is 28.0. The van der Waals surface area contributed by atoms with Gasteiger partial charge >= 0.3 is 0 Å². The molecule has 0 saturated carbocycles. The molecule has 10 heteroatoms. The number of benzene rings is 17. The molecule has 0 aliphatic heterocycles. The van der Waals surface area contributed by atoms with E-state index in [1.165, 1.54) is 54.2 Å². The van der Waals surface area contributed by atoms with Crippen LogP contribution in [0.3, 0.4) is 0 Å². The van der Waals surface area contributed by atoms with Gasteiger partial charge in [-0.3, -0.25) is 0 Å². The van der Waals surface area contributed by atoms with Crippen LogP contribution in [0.1, 0.15) is 0 Å². The summed E-state index contributed by atoms with van der Waals surface area (Å²) in [6, 6.07) is 147. The SMILES string of the molecule is c1ccc(-c2ccc(-n3c4ccccc4c4ccc5c6ccccc6n(-c6ccc(-c7nc(-c8ccccc8)nc(-c8ccc(-c9cccc(-c%10ccc(-c%11ccc(-n%12c%13ccccc%13c%13ccc%14c%15ccccc%15n(-c%15ccc(-c%16nc(-c%17ccccc%17)nc(-c%17ccccc%17)n%16)cc%15)c%14c%13%12)cc%11)cc%10)c9)cc8)n7)cc6)c5c43)cc2)cc1. The summed E-state index contributed by atoms with van der Waals surface area (Å²) in [6.45, 7) is 0. The van der Waals surface area contributed by atoms with E-state index in [0.717, 1.165) is 134 Å². The largest absolute Gasteiger partial charge is 0.307 e. The summed E-state index contributed by atoms with van der Waals surface area (Å²) in [5.41, 5.74) is 27.9. The zero-order valence-corrected chi connectivity index (χ0v) is 63.7. The van der Waals surface area contributed by atoms with Crippen molar-refractivity contribution in [3.8, 4) is 136 Å². The summed E-state index contributed by atoms with van der Waals surface area (Å²) >= 11 is 0. The second-order valence-electron chi connectivity index (χ2n) is 30.1. The van der Waals surface area contributed by atoms with Gasteiger partial charge in [0.2, 0.25) is 0 Å². The highest BCUT2D eigenvalue weighted by Crippen LogP contribution is 2.46. The van der Waals surface area contributed by atoms with Gasteiger partial charge in [-0.05, 0) is 148 Å². The molecular weight excluding hydrogens is 1440 g/mol. The maximum absolute atomic E-state index is 5.26. The van der Waals surface area contributed by atoms with Gasteiger partial charge in [0, 0.05) is 99.2 Å². The number of nitrogens with zero attached hydrogens (tertiary/aromatic N) is 10. The van der Waals surface area contributed by atoms with E-state index >= 15 is 0 Å². The minimum Gasteiger partial charge on any atom is -0.307 e. The smallest absolute Gasteiger partial charge is 0.164 e. The van der Waals surface area contributed by atoms with Gasteiger partial charge in [0.05, 0.1) is 44.1 Å². The first-order chi connectivity index (χ1) is 58.5. The van der Waals surface area contributed by atoms with E-state index in [9.17, 15) is 0 Å². The molecule has 6 heterocycles. The monoisotopic (exact) mass is 1500 g/mol.